The van der Waals surface area contributed by atoms with E-state index in [2.05, 4.69) is 15.6 Å². The maximum atomic E-state index is 12.6. The average Bonchev–Trinajstić information content (AvgIpc) is 3.57. The predicted octanol–water partition coefficient (Wildman–Crippen LogP) is 2.83. The molecule has 6 nitrogen and oxygen atoms in total. The van der Waals surface area contributed by atoms with Crippen molar-refractivity contribution < 1.29 is 9.59 Å². The van der Waals surface area contributed by atoms with Crippen molar-refractivity contribution in [3.63, 3.8) is 0 Å². The number of amides is 2. The van der Waals surface area contributed by atoms with E-state index in [1.807, 2.05) is 22.9 Å². The van der Waals surface area contributed by atoms with Crippen molar-refractivity contribution in [2.45, 2.75) is 44.7 Å². The zero-order valence-corrected chi connectivity index (χ0v) is 14.7. The second kappa shape index (κ2) is 7.32. The van der Waals surface area contributed by atoms with Crippen LogP contribution in [0.1, 0.15) is 42.5 Å². The fourth-order valence-corrected chi connectivity index (χ4v) is 3.38. The summed E-state index contributed by atoms with van der Waals surface area (Å²) in [6, 6.07) is 7.50. The topological polar surface area (TPSA) is 76.0 Å². The van der Waals surface area contributed by atoms with Crippen LogP contribution in [0.4, 0.5) is 5.69 Å². The Hall–Kier alpha value is -2.63. The minimum absolute atomic E-state index is 0.0386. The molecule has 0 atom stereocenters. The Morgan fingerprint density at radius 1 is 1.19 bits per heavy atom. The number of hydrogen-bond acceptors (Lipinski definition) is 3. The molecule has 0 aliphatic heterocycles. The number of nitrogens with one attached hydrogen (secondary N) is 2. The maximum Gasteiger partial charge on any atom is 0.251 e. The van der Waals surface area contributed by atoms with Gasteiger partial charge in [0.2, 0.25) is 5.91 Å². The molecule has 2 saturated carbocycles. The van der Waals surface area contributed by atoms with Gasteiger partial charge in [-0.25, -0.2) is 4.98 Å². The lowest BCUT2D eigenvalue weighted by Gasteiger charge is -2.18. The molecule has 2 fully saturated rings. The summed E-state index contributed by atoms with van der Waals surface area (Å²) < 4.78 is 1.86. The van der Waals surface area contributed by atoms with Gasteiger partial charge in [0, 0.05) is 42.7 Å². The first kappa shape index (κ1) is 16.8. The van der Waals surface area contributed by atoms with Crippen molar-refractivity contribution in [3.8, 4) is 0 Å². The van der Waals surface area contributed by atoms with Crippen molar-refractivity contribution >= 4 is 17.5 Å². The molecule has 2 N–H and O–H groups in total. The van der Waals surface area contributed by atoms with Gasteiger partial charge in [-0.1, -0.05) is 6.07 Å². The summed E-state index contributed by atoms with van der Waals surface area (Å²) in [7, 11) is 0. The molecule has 0 saturated heterocycles. The van der Waals surface area contributed by atoms with Gasteiger partial charge in [-0.3, -0.25) is 9.59 Å². The Balaban J connectivity index is 1.33. The van der Waals surface area contributed by atoms with Crippen LogP contribution >= 0.6 is 0 Å². The van der Waals surface area contributed by atoms with Gasteiger partial charge >= 0.3 is 0 Å². The molecule has 1 heterocycles. The van der Waals surface area contributed by atoms with Crippen molar-refractivity contribution in [2.75, 3.05) is 5.32 Å². The van der Waals surface area contributed by atoms with Crippen LogP contribution in [0.5, 0.6) is 0 Å². The minimum Gasteiger partial charge on any atom is -0.349 e. The molecule has 0 bridgehead atoms. The molecule has 1 aromatic heterocycles. The second-order valence-electron chi connectivity index (χ2n) is 7.35. The SMILES string of the molecule is O=C(CCn1ccnc1)Nc1cccc(C(=O)NC(C2CC2)C2CC2)c1. The summed E-state index contributed by atoms with van der Waals surface area (Å²) in [5.74, 6) is 1.21. The third-order valence-corrected chi connectivity index (χ3v) is 5.12. The molecule has 2 aliphatic carbocycles. The third-order valence-electron chi connectivity index (χ3n) is 5.12. The quantitative estimate of drug-likeness (QED) is 0.767. The Kier molecular flexibility index (Phi) is 4.73. The van der Waals surface area contributed by atoms with Gasteiger partial charge in [0.1, 0.15) is 0 Å². The molecule has 6 heteroatoms. The van der Waals surface area contributed by atoms with Gasteiger partial charge < -0.3 is 15.2 Å². The Labute approximate surface area is 153 Å². The molecule has 26 heavy (non-hydrogen) atoms. The number of imidazole rings is 1. The molecule has 2 aromatic rings. The largest absolute Gasteiger partial charge is 0.349 e. The second-order valence-corrected chi connectivity index (χ2v) is 7.35. The Bertz CT molecular complexity index is 767. The lowest BCUT2D eigenvalue weighted by molar-refractivity contribution is -0.116. The van der Waals surface area contributed by atoms with Crippen LogP contribution in [0.15, 0.2) is 43.0 Å². The monoisotopic (exact) mass is 352 g/mol. The minimum atomic E-state index is -0.0786. The lowest BCUT2D eigenvalue weighted by Crippen LogP contribution is -2.38. The highest BCUT2D eigenvalue weighted by Gasteiger charge is 2.42. The molecular weight excluding hydrogens is 328 g/mol. The van der Waals surface area contributed by atoms with E-state index in [-0.39, 0.29) is 11.8 Å². The number of carbonyl (C=O) groups is 2. The maximum absolute atomic E-state index is 12.6. The molecule has 0 radical (unpaired) electrons. The smallest absolute Gasteiger partial charge is 0.251 e. The molecule has 2 aliphatic rings. The van der Waals surface area contributed by atoms with E-state index in [9.17, 15) is 9.59 Å². The molecule has 1 aromatic carbocycles. The van der Waals surface area contributed by atoms with Crippen LogP contribution < -0.4 is 10.6 Å². The van der Waals surface area contributed by atoms with Crippen LogP contribution in [-0.4, -0.2) is 27.4 Å². The van der Waals surface area contributed by atoms with Crippen molar-refractivity contribution in [1.29, 1.82) is 0 Å². The van der Waals surface area contributed by atoms with Gasteiger partial charge in [0.25, 0.3) is 5.91 Å². The number of anilines is 1. The fraction of sp³-hybridized carbons (Fsp3) is 0.450. The summed E-state index contributed by atoms with van der Waals surface area (Å²) in [5, 5.41) is 6.09. The van der Waals surface area contributed by atoms with E-state index in [1.165, 1.54) is 25.7 Å². The first-order valence-electron chi connectivity index (χ1n) is 9.35. The number of carbonyl (C=O) groups excluding carboxylic acids is 2. The number of rotatable bonds is 8. The summed E-state index contributed by atoms with van der Waals surface area (Å²) in [5.41, 5.74) is 1.26. The standard InChI is InChI=1S/C20H24N4O2/c25-18(8-10-24-11-9-21-13-24)22-17-3-1-2-16(12-17)20(26)23-19(14-4-5-14)15-6-7-15/h1-3,9,11-15,19H,4-8,10H2,(H,22,25)(H,23,26). The van der Waals surface area contributed by atoms with E-state index < -0.39 is 0 Å². The number of aromatic nitrogens is 2. The summed E-state index contributed by atoms with van der Waals surface area (Å²) in [6.07, 6.45) is 10.5. The van der Waals surface area contributed by atoms with Gasteiger partial charge in [-0.05, 0) is 55.7 Å². The van der Waals surface area contributed by atoms with E-state index in [0.717, 1.165) is 0 Å². The van der Waals surface area contributed by atoms with Gasteiger partial charge in [-0.2, -0.15) is 0 Å². The lowest BCUT2D eigenvalue weighted by atomic mass is 10.1. The fourth-order valence-electron chi connectivity index (χ4n) is 3.38. The van der Waals surface area contributed by atoms with Gasteiger partial charge in [-0.15, -0.1) is 0 Å². The number of hydrogen-bond donors (Lipinski definition) is 2. The van der Waals surface area contributed by atoms with E-state index in [1.54, 1.807) is 24.7 Å². The zero-order valence-electron chi connectivity index (χ0n) is 14.7. The molecule has 4 rings (SSSR count). The highest BCUT2D eigenvalue weighted by atomic mass is 16.2. The molecule has 136 valence electrons. The van der Waals surface area contributed by atoms with Crippen LogP contribution in [0, 0.1) is 11.8 Å². The molecule has 0 spiro atoms. The molecular formula is C20H24N4O2. The highest BCUT2D eigenvalue weighted by Crippen LogP contribution is 2.44. The van der Waals surface area contributed by atoms with Gasteiger partial charge in [0.15, 0.2) is 0 Å². The summed E-state index contributed by atoms with van der Waals surface area (Å²) in [6.45, 7) is 0.580. The number of benzene rings is 1. The van der Waals surface area contributed by atoms with E-state index in [4.69, 9.17) is 0 Å². The molecule has 0 unspecified atom stereocenters. The van der Waals surface area contributed by atoms with Crippen molar-refractivity contribution in [3.05, 3.63) is 48.5 Å². The highest BCUT2D eigenvalue weighted by molar-refractivity contribution is 5.97. The van der Waals surface area contributed by atoms with E-state index >= 15 is 0 Å². The number of aryl methyl sites for hydroxylation is 1. The summed E-state index contributed by atoms with van der Waals surface area (Å²) >= 11 is 0. The Morgan fingerprint density at radius 3 is 2.62 bits per heavy atom. The average molecular weight is 352 g/mol. The third kappa shape index (κ3) is 4.31. The van der Waals surface area contributed by atoms with E-state index in [0.29, 0.717) is 42.1 Å². The number of nitrogens with zero attached hydrogens (tertiary/aromatic N) is 2. The van der Waals surface area contributed by atoms with Crippen LogP contribution in [0.2, 0.25) is 0 Å². The molecule has 2 amide bonds. The van der Waals surface area contributed by atoms with Crippen molar-refractivity contribution in [1.82, 2.24) is 14.9 Å². The van der Waals surface area contributed by atoms with Gasteiger partial charge in [0.05, 0.1) is 6.33 Å². The first-order valence-corrected chi connectivity index (χ1v) is 9.35. The predicted molar refractivity (Wildman–Crippen MR) is 98.6 cm³/mol. The van der Waals surface area contributed by atoms with Crippen LogP contribution in [0.3, 0.4) is 0 Å². The first-order chi connectivity index (χ1) is 12.7. The normalized spacial score (nSPS) is 16.5. The zero-order chi connectivity index (χ0) is 17.9. The Morgan fingerprint density at radius 2 is 1.96 bits per heavy atom. The summed E-state index contributed by atoms with van der Waals surface area (Å²) in [4.78, 5) is 28.7. The van der Waals surface area contributed by atoms with Crippen molar-refractivity contribution in [2.24, 2.45) is 11.8 Å². The van der Waals surface area contributed by atoms with Crippen LogP contribution in [-0.2, 0) is 11.3 Å². The van der Waals surface area contributed by atoms with Crippen LogP contribution in [0.25, 0.3) is 0 Å².